The van der Waals surface area contributed by atoms with Gasteiger partial charge in [-0.2, -0.15) is 0 Å². The monoisotopic (exact) mass is 171 g/mol. The highest BCUT2D eigenvalue weighted by atomic mass is 32.2. The van der Waals surface area contributed by atoms with Gasteiger partial charge in [-0.3, -0.25) is 0 Å². The lowest BCUT2D eigenvalue weighted by molar-refractivity contribution is 0.251. The summed E-state index contributed by atoms with van der Waals surface area (Å²) in [6, 6.07) is 7.54. The van der Waals surface area contributed by atoms with Gasteiger partial charge in [0.2, 0.25) is 0 Å². The molecule has 0 fully saturated rings. The molecule has 0 atom stereocenters. The first-order valence-corrected chi connectivity index (χ1v) is 3.86. The molecule has 0 amide bonds. The molecule has 0 aliphatic rings. The van der Waals surface area contributed by atoms with E-state index in [4.69, 9.17) is 9.39 Å². The predicted octanol–water partition coefficient (Wildman–Crippen LogP) is 1.92. The van der Waals surface area contributed by atoms with Crippen LogP contribution in [0.5, 0.6) is 5.75 Å². The van der Waals surface area contributed by atoms with Gasteiger partial charge in [-0.05, 0) is 19.1 Å². The molecule has 0 bridgehead atoms. The van der Waals surface area contributed by atoms with Crippen LogP contribution in [-0.4, -0.2) is 5.21 Å². The lowest BCUT2D eigenvalue weighted by atomic mass is 10.2. The Balaban J connectivity index is 2.52. The summed E-state index contributed by atoms with van der Waals surface area (Å²) in [5.74, 6) is 0.710. The fourth-order valence-electron chi connectivity index (χ4n) is 0.661. The van der Waals surface area contributed by atoms with Gasteiger partial charge in [0.1, 0.15) is 5.75 Å². The number of rotatable bonds is 3. The summed E-state index contributed by atoms with van der Waals surface area (Å²) in [6.07, 6.45) is 0. The van der Waals surface area contributed by atoms with Crippen LogP contribution in [0.4, 0.5) is 0 Å². The zero-order valence-corrected chi connectivity index (χ0v) is 6.89. The van der Waals surface area contributed by atoms with E-state index in [9.17, 15) is 0 Å². The second kappa shape index (κ2) is 4.23. The molecule has 60 valence electrons. The Kier molecular flexibility index (Phi) is 3.22. The first-order valence-electron chi connectivity index (χ1n) is 3.12. The summed E-state index contributed by atoms with van der Waals surface area (Å²) < 4.78 is 4.97. The van der Waals surface area contributed by atoms with Crippen molar-refractivity contribution in [1.82, 2.24) is 4.89 Å². The van der Waals surface area contributed by atoms with E-state index in [-0.39, 0.29) is 0 Å². The van der Waals surface area contributed by atoms with Gasteiger partial charge in [0.05, 0.1) is 0 Å². The van der Waals surface area contributed by atoms with E-state index in [1.165, 1.54) is 5.56 Å². The molecule has 0 aliphatic carbocycles. The molecule has 1 aromatic carbocycles. The first kappa shape index (κ1) is 8.39. The highest BCUT2D eigenvalue weighted by molar-refractivity contribution is 7.92. The van der Waals surface area contributed by atoms with Crippen LogP contribution in [0.3, 0.4) is 0 Å². The Morgan fingerprint density at radius 1 is 1.36 bits per heavy atom. The molecule has 0 saturated heterocycles. The van der Waals surface area contributed by atoms with Crippen LogP contribution < -0.4 is 9.07 Å². The second-order valence-electron chi connectivity index (χ2n) is 2.07. The van der Waals surface area contributed by atoms with E-state index in [0.717, 1.165) is 12.2 Å². The number of hydrogen-bond acceptors (Lipinski definition) is 4. The molecule has 0 unspecified atom stereocenters. The average Bonchev–Trinajstić information content (AvgIpc) is 2.04. The molecule has 0 spiro atoms. The zero-order valence-electron chi connectivity index (χ0n) is 6.07. The van der Waals surface area contributed by atoms with Crippen molar-refractivity contribution >= 4 is 12.2 Å². The van der Waals surface area contributed by atoms with E-state index in [1.54, 1.807) is 0 Å². The number of benzene rings is 1. The van der Waals surface area contributed by atoms with Gasteiger partial charge in [0.25, 0.3) is 0 Å². The third-order valence-electron chi connectivity index (χ3n) is 1.20. The molecular weight excluding hydrogens is 162 g/mol. The molecule has 0 aromatic heterocycles. The maximum atomic E-state index is 8.17. The highest BCUT2D eigenvalue weighted by Gasteiger charge is 1.91. The van der Waals surface area contributed by atoms with Gasteiger partial charge in [-0.1, -0.05) is 17.7 Å². The summed E-state index contributed by atoms with van der Waals surface area (Å²) in [5.41, 5.74) is 1.18. The van der Waals surface area contributed by atoms with Crippen molar-refractivity contribution in [3.05, 3.63) is 29.8 Å². The van der Waals surface area contributed by atoms with Crippen molar-refractivity contribution in [3.63, 3.8) is 0 Å². The van der Waals surface area contributed by atoms with Crippen LogP contribution >= 0.6 is 12.2 Å². The minimum absolute atomic E-state index is 0.710. The van der Waals surface area contributed by atoms with Crippen molar-refractivity contribution in [2.24, 2.45) is 0 Å². The average molecular weight is 171 g/mol. The Morgan fingerprint density at radius 3 is 2.55 bits per heavy atom. The third kappa shape index (κ3) is 2.80. The largest absolute Gasteiger partial charge is 0.408 e. The van der Waals surface area contributed by atoms with Crippen molar-refractivity contribution in [3.8, 4) is 5.75 Å². The Hall–Kier alpha value is -0.710. The molecular formula is C7H9NO2S. The van der Waals surface area contributed by atoms with Crippen LogP contribution in [0.2, 0.25) is 0 Å². The molecule has 0 aliphatic heterocycles. The molecule has 1 rings (SSSR count). The van der Waals surface area contributed by atoms with Crippen molar-refractivity contribution in [1.29, 1.82) is 0 Å². The molecule has 1 aromatic rings. The topological polar surface area (TPSA) is 41.5 Å². The Bertz CT molecular complexity index is 212. The summed E-state index contributed by atoms with van der Waals surface area (Å²) in [4.78, 5) is 1.83. The maximum absolute atomic E-state index is 8.17. The number of aryl methyl sites for hydroxylation is 1. The van der Waals surface area contributed by atoms with Gasteiger partial charge in [-0.25, -0.2) is 0 Å². The van der Waals surface area contributed by atoms with Gasteiger partial charge in [0.15, 0.2) is 12.2 Å². The predicted molar refractivity (Wildman–Crippen MR) is 44.3 cm³/mol. The van der Waals surface area contributed by atoms with Gasteiger partial charge in [0, 0.05) is 0 Å². The first-order chi connectivity index (χ1) is 5.33. The van der Waals surface area contributed by atoms with Crippen LogP contribution in [0.15, 0.2) is 24.3 Å². The van der Waals surface area contributed by atoms with E-state index in [2.05, 4.69) is 0 Å². The van der Waals surface area contributed by atoms with Crippen LogP contribution in [0.1, 0.15) is 5.56 Å². The number of hydrogen-bond donors (Lipinski definition) is 2. The normalized spacial score (nSPS) is 9.64. The van der Waals surface area contributed by atoms with E-state index >= 15 is 0 Å². The van der Waals surface area contributed by atoms with E-state index < -0.39 is 0 Å². The Morgan fingerprint density at radius 2 is 2.00 bits per heavy atom. The summed E-state index contributed by atoms with van der Waals surface area (Å²) in [5, 5.41) is 8.17. The lowest BCUT2D eigenvalue weighted by Gasteiger charge is -2.00. The summed E-state index contributed by atoms with van der Waals surface area (Å²) >= 11 is 0.773. The minimum Gasteiger partial charge on any atom is -0.408 e. The van der Waals surface area contributed by atoms with E-state index in [1.807, 2.05) is 36.1 Å². The quantitative estimate of drug-likeness (QED) is 0.414. The van der Waals surface area contributed by atoms with Crippen molar-refractivity contribution in [2.45, 2.75) is 6.92 Å². The van der Waals surface area contributed by atoms with Crippen molar-refractivity contribution in [2.75, 3.05) is 0 Å². The zero-order chi connectivity index (χ0) is 8.10. The van der Waals surface area contributed by atoms with Gasteiger partial charge in [-0.15, -0.1) is 4.89 Å². The summed E-state index contributed by atoms with van der Waals surface area (Å²) in [7, 11) is 0. The molecule has 0 radical (unpaired) electrons. The molecule has 3 nitrogen and oxygen atoms in total. The molecule has 2 N–H and O–H groups in total. The van der Waals surface area contributed by atoms with Crippen LogP contribution in [-0.2, 0) is 0 Å². The summed E-state index contributed by atoms with van der Waals surface area (Å²) in [6.45, 7) is 2.00. The van der Waals surface area contributed by atoms with Gasteiger partial charge >= 0.3 is 0 Å². The third-order valence-corrected chi connectivity index (χ3v) is 1.55. The Labute approximate surface area is 69.7 Å². The lowest BCUT2D eigenvalue weighted by Crippen LogP contribution is -1.96. The molecule has 11 heavy (non-hydrogen) atoms. The molecule has 0 saturated carbocycles. The standard InChI is InChI=1S/C7H9NO2S/c1-6-2-4-7(5-3-6)10-11-8-9/h2-5,8-9H,1H3. The molecule has 4 heteroatoms. The smallest absolute Gasteiger partial charge is 0.170 e. The van der Waals surface area contributed by atoms with E-state index in [0.29, 0.717) is 5.75 Å². The van der Waals surface area contributed by atoms with Crippen LogP contribution in [0.25, 0.3) is 0 Å². The highest BCUT2D eigenvalue weighted by Crippen LogP contribution is 2.14. The van der Waals surface area contributed by atoms with Crippen LogP contribution in [0, 0.1) is 6.92 Å². The SMILES string of the molecule is Cc1ccc(OSNO)cc1. The second-order valence-corrected chi connectivity index (χ2v) is 2.59. The molecule has 0 heterocycles. The maximum Gasteiger partial charge on any atom is 0.170 e. The van der Waals surface area contributed by atoms with Gasteiger partial charge < -0.3 is 9.39 Å². The fourth-order valence-corrected chi connectivity index (χ4v) is 0.905. The fraction of sp³-hybridized carbons (Fsp3) is 0.143. The number of nitrogens with one attached hydrogen (secondary N) is 1. The minimum atomic E-state index is 0.710. The van der Waals surface area contributed by atoms with Crippen molar-refractivity contribution < 1.29 is 9.39 Å².